The lowest BCUT2D eigenvalue weighted by molar-refractivity contribution is 0.101. The van der Waals surface area contributed by atoms with Crippen LogP contribution in [-0.2, 0) is 13.7 Å². The van der Waals surface area contributed by atoms with Gasteiger partial charge in [-0.3, -0.25) is 4.79 Å². The number of carbonyl (C=O) groups excluding carboxylic acids is 1. The SMILES string of the molecule is Cc1c(OCc2ccccc2)ccc2c1O/C(=C\c1cn(C)c3ccccc13)C2=O. The third-order valence-electron chi connectivity index (χ3n) is 5.49. The first-order valence-corrected chi connectivity index (χ1v) is 9.90. The second-order valence-electron chi connectivity index (χ2n) is 7.49. The molecule has 4 aromatic rings. The molecule has 30 heavy (non-hydrogen) atoms. The van der Waals surface area contributed by atoms with Crippen LogP contribution in [0.5, 0.6) is 11.5 Å². The number of hydrogen-bond acceptors (Lipinski definition) is 3. The Morgan fingerprint density at radius 3 is 2.60 bits per heavy atom. The third-order valence-corrected chi connectivity index (χ3v) is 5.49. The number of Topliss-reactive ketones (excluding diaryl/α,β-unsaturated/α-hetero) is 1. The van der Waals surface area contributed by atoms with E-state index in [1.807, 2.05) is 74.8 Å². The van der Waals surface area contributed by atoms with Crippen LogP contribution in [0.4, 0.5) is 0 Å². The van der Waals surface area contributed by atoms with E-state index >= 15 is 0 Å². The van der Waals surface area contributed by atoms with Crippen LogP contribution in [0.1, 0.15) is 27.0 Å². The van der Waals surface area contributed by atoms with Gasteiger partial charge in [-0.05, 0) is 36.8 Å². The number of nitrogens with zero attached hydrogens (tertiary/aromatic N) is 1. The highest BCUT2D eigenvalue weighted by Gasteiger charge is 2.30. The molecule has 148 valence electrons. The average Bonchev–Trinajstić information content (AvgIpc) is 3.26. The summed E-state index contributed by atoms with van der Waals surface area (Å²) in [5, 5.41) is 1.09. The normalized spacial score (nSPS) is 14.2. The Hall–Kier alpha value is -3.79. The number of aromatic nitrogens is 1. The summed E-state index contributed by atoms with van der Waals surface area (Å²) in [5.74, 6) is 1.54. The van der Waals surface area contributed by atoms with Gasteiger partial charge in [0.15, 0.2) is 5.76 Å². The number of ketones is 1. The summed E-state index contributed by atoms with van der Waals surface area (Å²) in [6.07, 6.45) is 3.84. The number of rotatable bonds is 4. The summed E-state index contributed by atoms with van der Waals surface area (Å²) < 4.78 is 14.1. The molecule has 1 aliphatic heterocycles. The molecule has 0 saturated heterocycles. The minimum absolute atomic E-state index is 0.101. The van der Waals surface area contributed by atoms with Crippen molar-refractivity contribution in [1.82, 2.24) is 4.57 Å². The quantitative estimate of drug-likeness (QED) is 0.417. The number of hydrogen-bond donors (Lipinski definition) is 0. The van der Waals surface area contributed by atoms with Gasteiger partial charge < -0.3 is 14.0 Å². The average molecular weight is 395 g/mol. The molecule has 5 rings (SSSR count). The first-order chi connectivity index (χ1) is 14.6. The molecule has 0 radical (unpaired) electrons. The Kier molecular flexibility index (Phi) is 4.40. The number of para-hydroxylation sites is 1. The molecule has 1 aliphatic rings. The van der Waals surface area contributed by atoms with Gasteiger partial charge in [0.25, 0.3) is 0 Å². The predicted octanol–water partition coefficient (Wildman–Crippen LogP) is 5.68. The van der Waals surface area contributed by atoms with E-state index < -0.39 is 0 Å². The lowest BCUT2D eigenvalue weighted by atomic mass is 10.1. The van der Waals surface area contributed by atoms with Crippen LogP contribution in [0, 0.1) is 6.92 Å². The van der Waals surface area contributed by atoms with Gasteiger partial charge in [0.1, 0.15) is 18.1 Å². The molecule has 0 amide bonds. The summed E-state index contributed by atoms with van der Waals surface area (Å²) in [6.45, 7) is 2.39. The first-order valence-electron chi connectivity index (χ1n) is 9.90. The number of benzene rings is 3. The highest BCUT2D eigenvalue weighted by Crippen LogP contribution is 2.40. The van der Waals surface area contributed by atoms with Crippen molar-refractivity contribution < 1.29 is 14.3 Å². The molecule has 0 spiro atoms. The minimum atomic E-state index is -0.101. The molecule has 1 aromatic heterocycles. The first kappa shape index (κ1) is 18.3. The molecule has 0 atom stereocenters. The lowest BCUT2D eigenvalue weighted by Gasteiger charge is -2.11. The van der Waals surface area contributed by atoms with Gasteiger partial charge in [-0.15, -0.1) is 0 Å². The van der Waals surface area contributed by atoms with Crippen LogP contribution in [0.2, 0.25) is 0 Å². The Morgan fingerprint density at radius 2 is 1.77 bits per heavy atom. The number of fused-ring (bicyclic) bond motifs is 2. The lowest BCUT2D eigenvalue weighted by Crippen LogP contribution is -1.98. The monoisotopic (exact) mass is 395 g/mol. The van der Waals surface area contributed by atoms with E-state index in [1.165, 1.54) is 0 Å². The summed E-state index contributed by atoms with van der Waals surface area (Å²) in [4.78, 5) is 12.9. The van der Waals surface area contributed by atoms with E-state index in [-0.39, 0.29) is 5.78 Å². The summed E-state index contributed by atoms with van der Waals surface area (Å²) >= 11 is 0. The van der Waals surface area contributed by atoms with Crippen molar-refractivity contribution in [2.45, 2.75) is 13.5 Å². The highest BCUT2D eigenvalue weighted by molar-refractivity contribution is 6.15. The Balaban J connectivity index is 1.45. The molecular weight excluding hydrogens is 374 g/mol. The van der Waals surface area contributed by atoms with E-state index in [1.54, 1.807) is 6.07 Å². The zero-order chi connectivity index (χ0) is 20.7. The van der Waals surface area contributed by atoms with Crippen LogP contribution < -0.4 is 9.47 Å². The number of ether oxygens (including phenoxy) is 2. The van der Waals surface area contributed by atoms with Crippen molar-refractivity contribution in [2.75, 3.05) is 0 Å². The van der Waals surface area contributed by atoms with Crippen LogP contribution in [0.25, 0.3) is 17.0 Å². The van der Waals surface area contributed by atoms with E-state index in [0.29, 0.717) is 23.7 Å². The zero-order valence-electron chi connectivity index (χ0n) is 16.9. The molecular formula is C26H21NO3. The summed E-state index contributed by atoms with van der Waals surface area (Å²) in [7, 11) is 2.00. The van der Waals surface area contributed by atoms with Crippen LogP contribution >= 0.6 is 0 Å². The van der Waals surface area contributed by atoms with E-state index in [0.717, 1.165) is 33.3 Å². The molecule has 0 bridgehead atoms. The molecule has 0 aliphatic carbocycles. The highest BCUT2D eigenvalue weighted by atomic mass is 16.5. The van der Waals surface area contributed by atoms with Crippen molar-refractivity contribution in [3.05, 3.63) is 101 Å². The molecule has 0 N–H and O–H groups in total. The van der Waals surface area contributed by atoms with Crippen molar-refractivity contribution >= 4 is 22.8 Å². The van der Waals surface area contributed by atoms with Gasteiger partial charge in [-0.25, -0.2) is 0 Å². The molecule has 4 nitrogen and oxygen atoms in total. The maximum absolute atomic E-state index is 12.9. The fourth-order valence-electron chi connectivity index (χ4n) is 3.89. The smallest absolute Gasteiger partial charge is 0.231 e. The maximum atomic E-state index is 12.9. The Labute approximate surface area is 175 Å². The second kappa shape index (κ2) is 7.23. The topological polar surface area (TPSA) is 40.5 Å². The van der Waals surface area contributed by atoms with Gasteiger partial charge in [0.2, 0.25) is 5.78 Å². The van der Waals surface area contributed by atoms with Crippen molar-refractivity contribution in [3.63, 3.8) is 0 Å². The van der Waals surface area contributed by atoms with Gasteiger partial charge in [-0.2, -0.15) is 0 Å². The number of aryl methyl sites for hydroxylation is 1. The zero-order valence-corrected chi connectivity index (χ0v) is 16.9. The Bertz CT molecular complexity index is 1300. The fraction of sp³-hybridized carbons (Fsp3) is 0.115. The van der Waals surface area contributed by atoms with Crippen LogP contribution in [0.15, 0.2) is 78.7 Å². The van der Waals surface area contributed by atoms with E-state index in [9.17, 15) is 4.79 Å². The Morgan fingerprint density at radius 1 is 1.00 bits per heavy atom. The second-order valence-corrected chi connectivity index (χ2v) is 7.49. The molecule has 4 heteroatoms. The molecule has 0 unspecified atom stereocenters. The molecule has 0 fully saturated rings. The van der Waals surface area contributed by atoms with E-state index in [4.69, 9.17) is 9.47 Å². The predicted molar refractivity (Wildman–Crippen MR) is 118 cm³/mol. The van der Waals surface area contributed by atoms with Crippen molar-refractivity contribution in [1.29, 1.82) is 0 Å². The number of allylic oxidation sites excluding steroid dienone is 1. The largest absolute Gasteiger partial charge is 0.488 e. The summed E-state index contributed by atoms with van der Waals surface area (Å²) in [6, 6.07) is 21.7. The molecule has 3 aromatic carbocycles. The third kappa shape index (κ3) is 3.07. The standard InChI is InChI=1S/C26H21NO3/c1-17-23(29-16-18-8-4-3-5-9-18)13-12-21-25(28)24(30-26(17)21)14-19-15-27(2)22-11-7-6-10-20(19)22/h3-15H,16H2,1-2H3/b24-14-. The fourth-order valence-corrected chi connectivity index (χ4v) is 3.89. The molecule has 2 heterocycles. The van der Waals surface area contributed by atoms with E-state index in [2.05, 4.69) is 16.7 Å². The van der Waals surface area contributed by atoms with Gasteiger partial charge in [0.05, 0.1) is 5.56 Å². The van der Waals surface area contributed by atoms with Crippen LogP contribution in [-0.4, -0.2) is 10.4 Å². The molecule has 0 saturated carbocycles. The maximum Gasteiger partial charge on any atom is 0.231 e. The van der Waals surface area contributed by atoms with Crippen LogP contribution in [0.3, 0.4) is 0 Å². The minimum Gasteiger partial charge on any atom is -0.488 e. The summed E-state index contributed by atoms with van der Waals surface area (Å²) in [5.41, 5.74) is 4.57. The van der Waals surface area contributed by atoms with Crippen molar-refractivity contribution in [3.8, 4) is 11.5 Å². The van der Waals surface area contributed by atoms with Crippen molar-refractivity contribution in [2.24, 2.45) is 7.05 Å². The van der Waals surface area contributed by atoms with Gasteiger partial charge in [0, 0.05) is 35.3 Å². The van der Waals surface area contributed by atoms with Gasteiger partial charge >= 0.3 is 0 Å². The number of carbonyl (C=O) groups is 1. The van der Waals surface area contributed by atoms with Gasteiger partial charge in [-0.1, -0.05) is 48.5 Å².